The van der Waals surface area contributed by atoms with Crippen molar-refractivity contribution in [2.75, 3.05) is 12.3 Å². The van der Waals surface area contributed by atoms with Gasteiger partial charge in [-0.2, -0.15) is 5.10 Å². The average Bonchev–Trinajstić information content (AvgIpc) is 2.32. The van der Waals surface area contributed by atoms with Gasteiger partial charge in [0, 0.05) is 19.7 Å². The van der Waals surface area contributed by atoms with Gasteiger partial charge in [-0.15, -0.1) is 0 Å². The molecule has 0 amide bonds. The summed E-state index contributed by atoms with van der Waals surface area (Å²) in [5, 5.41) is 4.15. The van der Waals surface area contributed by atoms with Gasteiger partial charge < -0.3 is 10.5 Å². The molecule has 0 spiro atoms. The van der Waals surface area contributed by atoms with E-state index >= 15 is 0 Å². The van der Waals surface area contributed by atoms with Gasteiger partial charge in [0.2, 0.25) is 0 Å². The Bertz CT molecular complexity index is 225. The lowest BCUT2D eigenvalue weighted by Gasteiger charge is -1.97. The van der Waals surface area contributed by atoms with Crippen molar-refractivity contribution in [3.8, 4) is 0 Å². The van der Waals surface area contributed by atoms with Crippen LogP contribution in [0.25, 0.3) is 0 Å². The molecular weight excluding hydrogens is 154 g/mol. The van der Waals surface area contributed by atoms with Crippen LogP contribution in [0.4, 0.5) is 5.82 Å². The molecule has 0 aliphatic carbocycles. The molecule has 12 heavy (non-hydrogen) atoms. The van der Waals surface area contributed by atoms with Crippen LogP contribution in [0.2, 0.25) is 0 Å². The van der Waals surface area contributed by atoms with E-state index in [2.05, 4.69) is 12.0 Å². The van der Waals surface area contributed by atoms with E-state index in [0.717, 1.165) is 18.7 Å². The zero-order valence-corrected chi connectivity index (χ0v) is 7.58. The van der Waals surface area contributed by atoms with Crippen LogP contribution in [0.3, 0.4) is 0 Å². The van der Waals surface area contributed by atoms with Gasteiger partial charge in [-0.1, -0.05) is 6.92 Å². The maximum Gasteiger partial charge on any atom is 0.121 e. The lowest BCUT2D eigenvalue weighted by molar-refractivity contribution is 0.118. The van der Waals surface area contributed by atoms with Gasteiger partial charge in [-0.25, -0.2) is 0 Å². The van der Waals surface area contributed by atoms with Gasteiger partial charge in [0.05, 0.1) is 12.3 Å². The molecule has 0 atom stereocenters. The third kappa shape index (κ3) is 2.23. The van der Waals surface area contributed by atoms with E-state index in [-0.39, 0.29) is 0 Å². The van der Waals surface area contributed by atoms with Gasteiger partial charge in [-0.05, 0) is 6.42 Å². The fourth-order valence-corrected chi connectivity index (χ4v) is 0.935. The van der Waals surface area contributed by atoms with Crippen molar-refractivity contribution < 1.29 is 4.74 Å². The predicted molar refractivity (Wildman–Crippen MR) is 47.6 cm³/mol. The highest BCUT2D eigenvalue weighted by Gasteiger charge is 2.00. The first-order valence-corrected chi connectivity index (χ1v) is 4.10. The predicted octanol–water partition coefficient (Wildman–Crippen LogP) is 0.929. The molecule has 1 aromatic rings. The summed E-state index contributed by atoms with van der Waals surface area (Å²) in [6.45, 7) is 3.40. The van der Waals surface area contributed by atoms with Crippen LogP contribution in [-0.4, -0.2) is 16.4 Å². The number of nitrogens with two attached hydrogens (primary N) is 1. The second-order valence-corrected chi connectivity index (χ2v) is 2.74. The van der Waals surface area contributed by atoms with Gasteiger partial charge in [0.1, 0.15) is 5.82 Å². The van der Waals surface area contributed by atoms with Crippen LogP contribution in [-0.2, 0) is 18.4 Å². The number of hydrogen-bond donors (Lipinski definition) is 1. The van der Waals surface area contributed by atoms with E-state index in [0.29, 0.717) is 12.4 Å². The summed E-state index contributed by atoms with van der Waals surface area (Å²) < 4.78 is 6.95. The Kier molecular flexibility index (Phi) is 3.10. The summed E-state index contributed by atoms with van der Waals surface area (Å²) >= 11 is 0. The van der Waals surface area contributed by atoms with Gasteiger partial charge in [0.25, 0.3) is 0 Å². The van der Waals surface area contributed by atoms with E-state index < -0.39 is 0 Å². The number of aromatic nitrogens is 2. The molecule has 68 valence electrons. The van der Waals surface area contributed by atoms with Crippen molar-refractivity contribution in [1.29, 1.82) is 0 Å². The van der Waals surface area contributed by atoms with Crippen LogP contribution in [0.5, 0.6) is 0 Å². The van der Waals surface area contributed by atoms with Gasteiger partial charge in [0.15, 0.2) is 0 Å². The fourth-order valence-electron chi connectivity index (χ4n) is 0.935. The van der Waals surface area contributed by atoms with Gasteiger partial charge >= 0.3 is 0 Å². The zero-order chi connectivity index (χ0) is 8.97. The van der Waals surface area contributed by atoms with Crippen molar-refractivity contribution in [2.45, 2.75) is 20.0 Å². The van der Waals surface area contributed by atoms with Crippen molar-refractivity contribution in [3.05, 3.63) is 11.8 Å². The molecule has 0 fully saturated rings. The van der Waals surface area contributed by atoms with Gasteiger partial charge in [-0.3, -0.25) is 4.68 Å². The lowest BCUT2D eigenvalue weighted by atomic mass is 10.4. The van der Waals surface area contributed by atoms with Crippen molar-refractivity contribution >= 4 is 5.82 Å². The highest BCUT2D eigenvalue weighted by atomic mass is 16.5. The highest BCUT2D eigenvalue weighted by molar-refractivity contribution is 5.29. The Morgan fingerprint density at radius 2 is 2.42 bits per heavy atom. The lowest BCUT2D eigenvalue weighted by Crippen LogP contribution is -1.98. The number of rotatable bonds is 4. The number of anilines is 1. The molecule has 0 unspecified atom stereocenters. The highest BCUT2D eigenvalue weighted by Crippen LogP contribution is 2.05. The van der Waals surface area contributed by atoms with Crippen molar-refractivity contribution in [3.63, 3.8) is 0 Å². The van der Waals surface area contributed by atoms with E-state index in [1.54, 1.807) is 4.68 Å². The molecule has 0 saturated heterocycles. The van der Waals surface area contributed by atoms with Crippen LogP contribution < -0.4 is 5.73 Å². The second kappa shape index (κ2) is 4.11. The van der Waals surface area contributed by atoms with Crippen molar-refractivity contribution in [2.24, 2.45) is 7.05 Å². The molecule has 1 heterocycles. The van der Waals surface area contributed by atoms with E-state index in [9.17, 15) is 0 Å². The number of nitrogen functional groups attached to an aromatic ring is 1. The maximum atomic E-state index is 5.59. The smallest absolute Gasteiger partial charge is 0.121 e. The second-order valence-electron chi connectivity index (χ2n) is 2.74. The third-order valence-electron chi connectivity index (χ3n) is 1.57. The molecule has 1 rings (SSSR count). The average molecular weight is 169 g/mol. The Labute approximate surface area is 72.3 Å². The molecule has 1 aromatic heterocycles. The molecule has 0 aromatic carbocycles. The minimum Gasteiger partial charge on any atom is -0.384 e. The largest absolute Gasteiger partial charge is 0.384 e. The Balaban J connectivity index is 2.42. The van der Waals surface area contributed by atoms with Crippen LogP contribution in [0.15, 0.2) is 6.07 Å². The first-order chi connectivity index (χ1) is 5.74. The first kappa shape index (κ1) is 9.06. The SMILES string of the molecule is CCCOCc1cc(N)n(C)n1. The summed E-state index contributed by atoms with van der Waals surface area (Å²) in [4.78, 5) is 0. The molecule has 0 aliphatic rings. The summed E-state index contributed by atoms with van der Waals surface area (Å²) in [5.74, 6) is 0.671. The fraction of sp³-hybridized carbons (Fsp3) is 0.625. The van der Waals surface area contributed by atoms with Crippen LogP contribution in [0.1, 0.15) is 19.0 Å². The number of hydrogen-bond acceptors (Lipinski definition) is 3. The minimum atomic E-state index is 0.554. The molecule has 0 bridgehead atoms. The summed E-state index contributed by atoms with van der Waals surface area (Å²) in [6, 6.07) is 1.83. The van der Waals surface area contributed by atoms with Crippen LogP contribution >= 0.6 is 0 Å². The maximum absolute atomic E-state index is 5.59. The standard InChI is InChI=1S/C8H15N3O/c1-3-4-12-6-7-5-8(9)11(2)10-7/h5H,3-4,6,9H2,1-2H3. The molecule has 2 N–H and O–H groups in total. The molecule has 0 aliphatic heterocycles. The van der Waals surface area contributed by atoms with E-state index in [1.807, 2.05) is 13.1 Å². The Morgan fingerprint density at radius 1 is 1.67 bits per heavy atom. The van der Waals surface area contributed by atoms with E-state index in [4.69, 9.17) is 10.5 Å². The number of nitrogens with zero attached hydrogens (tertiary/aromatic N) is 2. The third-order valence-corrected chi connectivity index (χ3v) is 1.57. The topological polar surface area (TPSA) is 53.1 Å². The molecular formula is C8H15N3O. The zero-order valence-electron chi connectivity index (χ0n) is 7.58. The molecule has 0 radical (unpaired) electrons. The molecule has 0 saturated carbocycles. The first-order valence-electron chi connectivity index (χ1n) is 4.10. The number of aryl methyl sites for hydroxylation is 1. The summed E-state index contributed by atoms with van der Waals surface area (Å²) in [7, 11) is 1.82. The summed E-state index contributed by atoms with van der Waals surface area (Å²) in [5.41, 5.74) is 6.48. The quantitative estimate of drug-likeness (QED) is 0.682. The Hall–Kier alpha value is -1.03. The summed E-state index contributed by atoms with van der Waals surface area (Å²) in [6.07, 6.45) is 1.03. The minimum absolute atomic E-state index is 0.554. The van der Waals surface area contributed by atoms with E-state index in [1.165, 1.54) is 0 Å². The molecule has 4 nitrogen and oxygen atoms in total. The Morgan fingerprint density at radius 3 is 2.92 bits per heavy atom. The number of ether oxygens (including phenoxy) is 1. The van der Waals surface area contributed by atoms with Crippen LogP contribution in [0, 0.1) is 0 Å². The van der Waals surface area contributed by atoms with Crippen molar-refractivity contribution in [1.82, 2.24) is 9.78 Å². The monoisotopic (exact) mass is 169 g/mol. The molecule has 4 heteroatoms. The normalized spacial score (nSPS) is 10.5.